The summed E-state index contributed by atoms with van der Waals surface area (Å²) in [7, 11) is 0. The molecule has 0 amide bonds. The maximum Gasteiger partial charge on any atom is 0.206 e. The highest BCUT2D eigenvalue weighted by Crippen LogP contribution is 2.28. The van der Waals surface area contributed by atoms with Gasteiger partial charge < -0.3 is 4.42 Å². The zero-order chi connectivity index (χ0) is 18.1. The molecule has 6 heteroatoms. The highest BCUT2D eigenvalue weighted by Gasteiger charge is 2.13. The zero-order valence-electron chi connectivity index (χ0n) is 14.8. The van der Waals surface area contributed by atoms with Crippen LogP contribution in [0.15, 0.2) is 61.7 Å². The minimum absolute atomic E-state index is 0.196. The average Bonchev–Trinajstić information content (AvgIpc) is 3.30. The largest absolute Gasteiger partial charge is 0.454 e. The molecule has 0 N–H and O–H groups in total. The molecule has 26 heavy (non-hydrogen) atoms. The third kappa shape index (κ3) is 3.30. The molecule has 3 aromatic heterocycles. The van der Waals surface area contributed by atoms with Crippen LogP contribution in [-0.4, -0.2) is 16.9 Å². The van der Waals surface area contributed by atoms with Crippen LogP contribution in [0, 0.1) is 6.92 Å². The highest BCUT2D eigenvalue weighted by atomic mass is 32.1. The zero-order valence-corrected chi connectivity index (χ0v) is 16.5. The molecule has 4 rings (SSSR count). The molecule has 132 valence electrons. The molecule has 0 saturated heterocycles. The van der Waals surface area contributed by atoms with Crippen molar-refractivity contribution in [1.82, 2.24) is 4.68 Å². The van der Waals surface area contributed by atoms with E-state index in [1.54, 1.807) is 22.7 Å². The second-order valence-electron chi connectivity index (χ2n) is 6.30. The van der Waals surface area contributed by atoms with Gasteiger partial charge >= 0.3 is 0 Å². The lowest BCUT2D eigenvalue weighted by atomic mass is 10.2. The summed E-state index contributed by atoms with van der Waals surface area (Å²) in [6.07, 6.45) is 1.90. The molecule has 4 nitrogen and oxygen atoms in total. The Morgan fingerprint density at radius 3 is 2.73 bits per heavy atom. The van der Waals surface area contributed by atoms with Gasteiger partial charge in [0.1, 0.15) is 11.3 Å². The molecule has 0 aliphatic carbocycles. The van der Waals surface area contributed by atoms with Crippen LogP contribution in [-0.2, 0) is 0 Å². The predicted octanol–water partition coefficient (Wildman–Crippen LogP) is 5.52. The minimum atomic E-state index is 0.196. The number of hydrogen-bond acceptors (Lipinski definition) is 5. The molecule has 0 spiro atoms. The van der Waals surface area contributed by atoms with Crippen molar-refractivity contribution in [3.63, 3.8) is 0 Å². The van der Waals surface area contributed by atoms with Gasteiger partial charge in [-0.1, -0.05) is 18.2 Å². The van der Waals surface area contributed by atoms with E-state index in [0.717, 1.165) is 32.1 Å². The number of aromatic nitrogens is 1. The molecule has 1 aromatic carbocycles. The molecule has 0 atom stereocenters. The van der Waals surface area contributed by atoms with Crippen LogP contribution in [0.4, 0.5) is 0 Å². The summed E-state index contributed by atoms with van der Waals surface area (Å²) >= 11 is 3.26. The Bertz CT molecular complexity index is 1110. The Hall–Kier alpha value is -2.44. The van der Waals surface area contributed by atoms with Crippen molar-refractivity contribution < 1.29 is 4.42 Å². The molecule has 3 heterocycles. The van der Waals surface area contributed by atoms with Gasteiger partial charge in [0.15, 0.2) is 5.76 Å². The Morgan fingerprint density at radius 1 is 1.15 bits per heavy atom. The highest BCUT2D eigenvalue weighted by molar-refractivity contribution is 7.11. The summed E-state index contributed by atoms with van der Waals surface area (Å²) in [4.78, 5) is 6.72. The van der Waals surface area contributed by atoms with E-state index in [4.69, 9.17) is 14.5 Å². The number of rotatable bonds is 4. The van der Waals surface area contributed by atoms with Crippen LogP contribution in [0.25, 0.3) is 22.4 Å². The molecular weight excluding hydrogens is 362 g/mol. The van der Waals surface area contributed by atoms with Crippen LogP contribution in [0.3, 0.4) is 0 Å². The molecular formula is C20H19N3OS2. The second-order valence-corrected chi connectivity index (χ2v) is 8.08. The normalized spacial score (nSPS) is 12.8. The van der Waals surface area contributed by atoms with Crippen molar-refractivity contribution in [2.45, 2.75) is 26.8 Å². The fourth-order valence-electron chi connectivity index (χ4n) is 2.63. The van der Waals surface area contributed by atoms with E-state index in [0.29, 0.717) is 0 Å². The van der Waals surface area contributed by atoms with Crippen LogP contribution >= 0.6 is 22.7 Å². The fraction of sp³-hybridized carbons (Fsp3) is 0.200. The van der Waals surface area contributed by atoms with Crippen LogP contribution < -0.4 is 4.80 Å². The maximum atomic E-state index is 6.05. The van der Waals surface area contributed by atoms with Gasteiger partial charge in [0, 0.05) is 16.8 Å². The number of hydrogen-bond donors (Lipinski definition) is 0. The Morgan fingerprint density at radius 2 is 2.00 bits per heavy atom. The summed E-state index contributed by atoms with van der Waals surface area (Å²) in [6, 6.07) is 12.4. The van der Waals surface area contributed by atoms with E-state index in [1.165, 1.54) is 5.56 Å². The van der Waals surface area contributed by atoms with Gasteiger partial charge in [0.2, 0.25) is 4.80 Å². The van der Waals surface area contributed by atoms with Crippen molar-refractivity contribution in [2.24, 2.45) is 10.1 Å². The Balaban J connectivity index is 1.85. The quantitative estimate of drug-likeness (QED) is 0.429. The van der Waals surface area contributed by atoms with Crippen molar-refractivity contribution in [3.8, 4) is 11.5 Å². The summed E-state index contributed by atoms with van der Waals surface area (Å²) in [5, 5.41) is 9.94. The van der Waals surface area contributed by atoms with Crippen molar-refractivity contribution in [3.05, 3.63) is 62.4 Å². The molecule has 0 saturated carbocycles. The molecule has 0 aliphatic heterocycles. The topological polar surface area (TPSA) is 42.8 Å². The second kappa shape index (κ2) is 7.05. The SMILES string of the molecule is Cc1ccsc1C=Nn1c(-c2cc3ccccc3o2)csc1=NC(C)C. The molecule has 0 fully saturated rings. The lowest BCUT2D eigenvalue weighted by Gasteiger charge is -2.01. The number of thiophene rings is 1. The van der Waals surface area contributed by atoms with E-state index in [2.05, 4.69) is 49.7 Å². The molecule has 0 aliphatic rings. The Kier molecular flexibility index (Phi) is 4.61. The van der Waals surface area contributed by atoms with Gasteiger partial charge in [-0.2, -0.15) is 5.10 Å². The van der Waals surface area contributed by atoms with E-state index >= 15 is 0 Å². The first kappa shape index (κ1) is 17.0. The van der Waals surface area contributed by atoms with Gasteiger partial charge in [-0.15, -0.1) is 22.7 Å². The van der Waals surface area contributed by atoms with Crippen LogP contribution in [0.5, 0.6) is 0 Å². The number of thiazole rings is 1. The molecule has 4 aromatic rings. The number of para-hydroxylation sites is 1. The van der Waals surface area contributed by atoms with E-state index in [1.807, 2.05) is 29.1 Å². The van der Waals surface area contributed by atoms with E-state index < -0.39 is 0 Å². The molecule has 0 bridgehead atoms. The van der Waals surface area contributed by atoms with Crippen molar-refractivity contribution in [2.75, 3.05) is 0 Å². The number of fused-ring (bicyclic) bond motifs is 1. The lowest BCUT2D eigenvalue weighted by Crippen LogP contribution is -2.14. The van der Waals surface area contributed by atoms with E-state index in [9.17, 15) is 0 Å². The van der Waals surface area contributed by atoms with Gasteiger partial charge in [-0.3, -0.25) is 4.99 Å². The third-order valence-corrected chi connectivity index (χ3v) is 5.71. The van der Waals surface area contributed by atoms with Gasteiger partial charge in [-0.25, -0.2) is 4.68 Å². The smallest absolute Gasteiger partial charge is 0.206 e. The minimum Gasteiger partial charge on any atom is -0.454 e. The van der Waals surface area contributed by atoms with Crippen LogP contribution in [0.2, 0.25) is 0 Å². The first-order valence-electron chi connectivity index (χ1n) is 8.43. The fourth-order valence-corrected chi connectivity index (χ4v) is 4.36. The number of furan rings is 1. The predicted molar refractivity (Wildman–Crippen MR) is 110 cm³/mol. The Labute approximate surface area is 159 Å². The third-order valence-electron chi connectivity index (χ3n) is 3.92. The van der Waals surface area contributed by atoms with Gasteiger partial charge in [0.05, 0.1) is 11.1 Å². The van der Waals surface area contributed by atoms with Crippen LogP contribution in [0.1, 0.15) is 24.3 Å². The number of nitrogens with zero attached hydrogens (tertiary/aromatic N) is 3. The first-order chi connectivity index (χ1) is 12.6. The molecule has 0 unspecified atom stereocenters. The first-order valence-corrected chi connectivity index (χ1v) is 10.2. The maximum absolute atomic E-state index is 6.05. The lowest BCUT2D eigenvalue weighted by molar-refractivity contribution is 0.620. The summed E-state index contributed by atoms with van der Waals surface area (Å²) in [6.45, 7) is 6.23. The van der Waals surface area contributed by atoms with Gasteiger partial charge in [-0.05, 0) is 49.9 Å². The van der Waals surface area contributed by atoms with Gasteiger partial charge in [0.25, 0.3) is 0 Å². The molecule has 0 radical (unpaired) electrons. The summed E-state index contributed by atoms with van der Waals surface area (Å²) in [5.74, 6) is 0.799. The number of aryl methyl sites for hydroxylation is 1. The summed E-state index contributed by atoms with van der Waals surface area (Å²) in [5.41, 5.74) is 3.01. The van der Waals surface area contributed by atoms with Crippen molar-refractivity contribution >= 4 is 39.9 Å². The van der Waals surface area contributed by atoms with Crippen molar-refractivity contribution in [1.29, 1.82) is 0 Å². The monoisotopic (exact) mass is 381 g/mol. The van der Waals surface area contributed by atoms with E-state index in [-0.39, 0.29) is 6.04 Å². The standard InChI is InChI=1S/C20H19N3OS2/c1-13(2)22-20-23(21-11-19-14(3)8-9-25-19)16(12-26-20)18-10-15-6-4-5-7-17(15)24-18/h4-13H,1-3H3. The summed E-state index contributed by atoms with van der Waals surface area (Å²) < 4.78 is 7.92. The average molecular weight is 382 g/mol. The number of benzene rings is 1.